The van der Waals surface area contributed by atoms with Crippen LogP contribution in [0.5, 0.6) is 0 Å². The molecular weight excluding hydrogens is 148 g/mol. The van der Waals surface area contributed by atoms with Crippen LogP contribution in [0.25, 0.3) is 0 Å². The highest BCUT2D eigenvalue weighted by atomic mass is 16.7. The maximum absolute atomic E-state index is 10.8. The van der Waals surface area contributed by atoms with Crippen LogP contribution in [0.3, 0.4) is 0 Å². The summed E-state index contributed by atoms with van der Waals surface area (Å²) in [6.07, 6.45) is -0.00270. The van der Waals surface area contributed by atoms with Crippen LogP contribution in [0.4, 0.5) is 0 Å². The molecule has 0 aromatic heterocycles. The average molecular weight is 160 g/mol. The second-order valence-corrected chi connectivity index (χ2v) is 2.32. The zero-order valence-corrected chi connectivity index (χ0v) is 6.70. The van der Waals surface area contributed by atoms with Gasteiger partial charge in [0.05, 0.1) is 13.7 Å². The van der Waals surface area contributed by atoms with Crippen molar-refractivity contribution in [2.75, 3.05) is 13.7 Å². The van der Waals surface area contributed by atoms with E-state index in [-0.39, 0.29) is 12.3 Å². The lowest BCUT2D eigenvalue weighted by atomic mass is 10.4. The Bertz CT molecular complexity index is 145. The number of esters is 1. The lowest BCUT2D eigenvalue weighted by Gasteiger charge is -2.06. The molecule has 2 atom stereocenters. The molecule has 11 heavy (non-hydrogen) atoms. The number of ether oxygens (including phenoxy) is 3. The summed E-state index contributed by atoms with van der Waals surface area (Å²) in [7, 11) is 1.34. The Morgan fingerprint density at radius 1 is 1.73 bits per heavy atom. The van der Waals surface area contributed by atoms with E-state index in [0.717, 1.165) is 6.42 Å². The van der Waals surface area contributed by atoms with Gasteiger partial charge in [0.15, 0.2) is 12.4 Å². The van der Waals surface area contributed by atoms with Crippen LogP contribution in [0, 0.1) is 0 Å². The van der Waals surface area contributed by atoms with E-state index in [1.807, 2.05) is 6.92 Å². The summed E-state index contributed by atoms with van der Waals surface area (Å²) in [5.41, 5.74) is 0. The van der Waals surface area contributed by atoms with E-state index in [1.165, 1.54) is 7.11 Å². The molecule has 0 aromatic carbocycles. The molecule has 1 fully saturated rings. The highest BCUT2D eigenvalue weighted by Crippen LogP contribution is 2.14. The number of carbonyl (C=O) groups is 1. The summed E-state index contributed by atoms with van der Waals surface area (Å²) >= 11 is 0. The molecule has 4 nitrogen and oxygen atoms in total. The molecule has 0 spiro atoms. The van der Waals surface area contributed by atoms with Gasteiger partial charge in [-0.05, 0) is 6.42 Å². The molecule has 0 amide bonds. The molecule has 1 aliphatic heterocycles. The van der Waals surface area contributed by atoms with Crippen molar-refractivity contribution < 1.29 is 19.0 Å². The zero-order valence-electron chi connectivity index (χ0n) is 6.70. The molecule has 0 bridgehead atoms. The van der Waals surface area contributed by atoms with E-state index in [4.69, 9.17) is 9.47 Å². The number of methoxy groups -OCH3 is 1. The van der Waals surface area contributed by atoms with E-state index >= 15 is 0 Å². The summed E-state index contributed by atoms with van der Waals surface area (Å²) in [5.74, 6) is -0.360. The molecule has 0 N–H and O–H groups in total. The molecule has 0 aliphatic carbocycles. The fourth-order valence-corrected chi connectivity index (χ4v) is 0.926. The maximum atomic E-state index is 10.8. The van der Waals surface area contributed by atoms with Crippen LogP contribution in [0.15, 0.2) is 0 Å². The van der Waals surface area contributed by atoms with Crippen LogP contribution < -0.4 is 0 Å². The van der Waals surface area contributed by atoms with E-state index in [1.54, 1.807) is 0 Å². The van der Waals surface area contributed by atoms with Gasteiger partial charge in [0.25, 0.3) is 0 Å². The normalized spacial score (nSPS) is 30.4. The van der Waals surface area contributed by atoms with Gasteiger partial charge in [0.2, 0.25) is 0 Å². The lowest BCUT2D eigenvalue weighted by molar-refractivity contribution is -0.154. The van der Waals surface area contributed by atoms with Crippen molar-refractivity contribution in [1.29, 1.82) is 0 Å². The molecule has 1 rings (SSSR count). The maximum Gasteiger partial charge on any atom is 0.337 e. The fraction of sp³-hybridized carbons (Fsp3) is 0.857. The Labute approximate surface area is 65.4 Å². The minimum absolute atomic E-state index is 0.237. The van der Waals surface area contributed by atoms with Crippen molar-refractivity contribution in [3.63, 3.8) is 0 Å². The van der Waals surface area contributed by atoms with Crippen molar-refractivity contribution in [3.8, 4) is 0 Å². The third kappa shape index (κ3) is 1.91. The van der Waals surface area contributed by atoms with Gasteiger partial charge in [-0.1, -0.05) is 6.92 Å². The number of carbonyl (C=O) groups excluding carboxylic acids is 1. The monoisotopic (exact) mass is 160 g/mol. The minimum Gasteiger partial charge on any atom is -0.467 e. The van der Waals surface area contributed by atoms with Crippen molar-refractivity contribution in [1.82, 2.24) is 0 Å². The van der Waals surface area contributed by atoms with Gasteiger partial charge >= 0.3 is 5.97 Å². The highest BCUT2D eigenvalue weighted by Gasteiger charge is 2.30. The van der Waals surface area contributed by atoms with Gasteiger partial charge in [0, 0.05) is 0 Å². The van der Waals surface area contributed by atoms with Crippen LogP contribution in [-0.4, -0.2) is 32.1 Å². The van der Waals surface area contributed by atoms with Crippen molar-refractivity contribution >= 4 is 5.97 Å². The summed E-state index contributed by atoms with van der Waals surface area (Å²) in [6, 6.07) is 0. The first-order valence-corrected chi connectivity index (χ1v) is 3.62. The summed E-state index contributed by atoms with van der Waals surface area (Å²) in [5, 5.41) is 0. The molecule has 0 radical (unpaired) electrons. The van der Waals surface area contributed by atoms with Crippen LogP contribution in [0.2, 0.25) is 0 Å². The van der Waals surface area contributed by atoms with Crippen LogP contribution in [0.1, 0.15) is 13.3 Å². The molecule has 0 aromatic rings. The number of hydrogen-bond acceptors (Lipinski definition) is 4. The Morgan fingerprint density at radius 3 is 2.91 bits per heavy atom. The fourth-order valence-electron chi connectivity index (χ4n) is 0.926. The predicted octanol–water partition coefficient (Wildman–Crippen LogP) is 0.311. The quantitative estimate of drug-likeness (QED) is 0.545. The van der Waals surface area contributed by atoms with Gasteiger partial charge in [-0.15, -0.1) is 0 Å². The van der Waals surface area contributed by atoms with E-state index in [9.17, 15) is 4.79 Å². The standard InChI is InChI=1S/C7H12O4/c1-3-6-10-4-5(11-6)7(8)9-2/h5-6H,3-4H2,1-2H3/t5?,6-/m1/s1. The highest BCUT2D eigenvalue weighted by molar-refractivity contribution is 5.74. The minimum atomic E-state index is -0.523. The summed E-state index contributed by atoms with van der Waals surface area (Å²) in [6.45, 7) is 2.25. The van der Waals surface area contributed by atoms with Gasteiger partial charge in [-0.3, -0.25) is 0 Å². The van der Waals surface area contributed by atoms with E-state index in [0.29, 0.717) is 6.61 Å². The zero-order chi connectivity index (χ0) is 8.27. The predicted molar refractivity (Wildman–Crippen MR) is 36.9 cm³/mol. The van der Waals surface area contributed by atoms with E-state index in [2.05, 4.69) is 4.74 Å². The molecule has 1 unspecified atom stereocenters. The average Bonchev–Trinajstić information content (AvgIpc) is 2.50. The lowest BCUT2D eigenvalue weighted by Crippen LogP contribution is -2.24. The second kappa shape index (κ2) is 3.69. The topological polar surface area (TPSA) is 44.8 Å². The Balaban J connectivity index is 2.35. The molecule has 0 saturated carbocycles. The van der Waals surface area contributed by atoms with Gasteiger partial charge in [-0.2, -0.15) is 0 Å². The Morgan fingerprint density at radius 2 is 2.45 bits per heavy atom. The van der Waals surface area contributed by atoms with Crippen LogP contribution >= 0.6 is 0 Å². The van der Waals surface area contributed by atoms with Crippen molar-refractivity contribution in [2.45, 2.75) is 25.7 Å². The Kier molecular flexibility index (Phi) is 2.84. The van der Waals surface area contributed by atoms with Gasteiger partial charge in [-0.25, -0.2) is 4.79 Å². The molecule has 1 aliphatic rings. The molecule has 1 saturated heterocycles. The van der Waals surface area contributed by atoms with Crippen molar-refractivity contribution in [2.24, 2.45) is 0 Å². The first-order chi connectivity index (χ1) is 5.27. The van der Waals surface area contributed by atoms with Gasteiger partial charge < -0.3 is 14.2 Å². The third-order valence-electron chi connectivity index (χ3n) is 1.55. The summed E-state index contributed by atoms with van der Waals surface area (Å²) < 4.78 is 14.8. The first kappa shape index (κ1) is 8.49. The number of rotatable bonds is 2. The number of hydrogen-bond donors (Lipinski definition) is 0. The summed E-state index contributed by atoms with van der Waals surface area (Å²) in [4.78, 5) is 10.8. The largest absolute Gasteiger partial charge is 0.467 e. The molecular formula is C7H12O4. The van der Waals surface area contributed by atoms with E-state index < -0.39 is 6.10 Å². The first-order valence-electron chi connectivity index (χ1n) is 3.62. The smallest absolute Gasteiger partial charge is 0.337 e. The molecule has 64 valence electrons. The van der Waals surface area contributed by atoms with Crippen molar-refractivity contribution in [3.05, 3.63) is 0 Å². The molecule has 4 heteroatoms. The third-order valence-corrected chi connectivity index (χ3v) is 1.55. The SMILES string of the molecule is CC[C@@H]1OCC(C(=O)OC)O1. The van der Waals surface area contributed by atoms with Gasteiger partial charge in [0.1, 0.15) is 0 Å². The Hall–Kier alpha value is -0.610. The van der Waals surface area contributed by atoms with Crippen LogP contribution in [-0.2, 0) is 19.0 Å². The molecule has 1 heterocycles. The second-order valence-electron chi connectivity index (χ2n) is 2.32.